The molecule has 0 fully saturated rings. The van der Waals surface area contributed by atoms with Crippen molar-refractivity contribution < 1.29 is 18.0 Å². The lowest BCUT2D eigenvalue weighted by Crippen LogP contribution is -2.17. The van der Waals surface area contributed by atoms with E-state index in [4.69, 9.17) is 0 Å². The molecule has 9 nitrogen and oxygen atoms in total. The van der Waals surface area contributed by atoms with Gasteiger partial charge in [0.15, 0.2) is 10.8 Å². The molecule has 0 atom stereocenters. The van der Waals surface area contributed by atoms with Gasteiger partial charge >= 0.3 is 6.18 Å². The lowest BCUT2D eigenvalue weighted by atomic mass is 10.1. The number of alkyl halides is 3. The van der Waals surface area contributed by atoms with E-state index in [2.05, 4.69) is 30.6 Å². The number of benzene rings is 1. The maximum Gasteiger partial charge on any atom is 0.416 e. The molecule has 1 amide bonds. The predicted octanol–water partition coefficient (Wildman–Crippen LogP) is 3.07. The highest BCUT2D eigenvalue weighted by Gasteiger charge is 2.31. The van der Waals surface area contributed by atoms with Crippen LogP contribution >= 0.6 is 11.8 Å². The van der Waals surface area contributed by atoms with Gasteiger partial charge in [-0.2, -0.15) is 18.3 Å². The predicted molar refractivity (Wildman–Crippen MR) is 106 cm³/mol. The van der Waals surface area contributed by atoms with Crippen molar-refractivity contribution in [2.75, 3.05) is 11.1 Å². The number of thioether (sulfide) groups is 1. The van der Waals surface area contributed by atoms with Gasteiger partial charge in [0.05, 0.1) is 22.7 Å². The minimum Gasteiger partial charge on any atom is -0.323 e. The van der Waals surface area contributed by atoms with Crippen LogP contribution in [0.3, 0.4) is 0 Å². The topological polar surface area (TPSA) is 103 Å². The van der Waals surface area contributed by atoms with Crippen molar-refractivity contribution in [1.29, 1.82) is 0 Å². The van der Waals surface area contributed by atoms with E-state index in [1.54, 1.807) is 17.4 Å². The minimum absolute atomic E-state index is 0.0366. The quantitative estimate of drug-likeness (QED) is 0.468. The zero-order valence-electron chi connectivity index (χ0n) is 16.3. The molecule has 4 rings (SSSR count). The number of nitrogens with zero attached hydrogens (tertiary/aromatic N) is 7. The second-order valence-electron chi connectivity index (χ2n) is 6.53. The summed E-state index contributed by atoms with van der Waals surface area (Å²) in [6.45, 7) is 3.63. The molecular formula is C18H15F3N8OS. The number of hydrogen-bond acceptors (Lipinski definition) is 7. The number of anilines is 1. The zero-order valence-corrected chi connectivity index (χ0v) is 17.1. The van der Waals surface area contributed by atoms with Gasteiger partial charge in [-0.05, 0) is 32.0 Å². The van der Waals surface area contributed by atoms with Crippen LogP contribution in [0, 0.1) is 13.8 Å². The molecular weight excluding hydrogens is 433 g/mol. The first-order valence-corrected chi connectivity index (χ1v) is 9.89. The maximum atomic E-state index is 13.2. The van der Waals surface area contributed by atoms with Gasteiger partial charge in [0.1, 0.15) is 18.5 Å². The number of hydrogen-bond donors (Lipinski definition) is 1. The average Bonchev–Trinajstić information content (AvgIpc) is 3.35. The number of halogens is 3. The third-order valence-electron chi connectivity index (χ3n) is 4.25. The normalized spacial score (nSPS) is 11.8. The Morgan fingerprint density at radius 1 is 1.19 bits per heavy atom. The summed E-state index contributed by atoms with van der Waals surface area (Å²) < 4.78 is 42.4. The van der Waals surface area contributed by atoms with E-state index < -0.39 is 17.6 Å². The SMILES string of the molecule is Cc1cc2nnc(SCC(=O)Nc3cc(C(F)(F)F)ccc3-n3cncn3)n2c(C)n1. The largest absolute Gasteiger partial charge is 0.416 e. The molecule has 13 heteroatoms. The van der Waals surface area contributed by atoms with Gasteiger partial charge in [-0.15, -0.1) is 10.2 Å². The minimum atomic E-state index is -4.56. The van der Waals surface area contributed by atoms with Crippen molar-refractivity contribution >= 4 is 29.0 Å². The van der Waals surface area contributed by atoms with Gasteiger partial charge in [-0.1, -0.05) is 11.8 Å². The summed E-state index contributed by atoms with van der Waals surface area (Å²) >= 11 is 1.10. The Morgan fingerprint density at radius 2 is 2.00 bits per heavy atom. The summed E-state index contributed by atoms with van der Waals surface area (Å²) in [7, 11) is 0. The van der Waals surface area contributed by atoms with Crippen molar-refractivity contribution in [3.63, 3.8) is 0 Å². The zero-order chi connectivity index (χ0) is 22.2. The Bertz CT molecular complexity index is 1250. The smallest absolute Gasteiger partial charge is 0.323 e. The van der Waals surface area contributed by atoms with Crippen LogP contribution in [0.25, 0.3) is 11.3 Å². The van der Waals surface area contributed by atoms with Gasteiger partial charge in [0.25, 0.3) is 0 Å². The lowest BCUT2D eigenvalue weighted by Gasteiger charge is -2.14. The molecule has 3 heterocycles. The number of fused-ring (bicyclic) bond motifs is 1. The molecule has 0 aliphatic heterocycles. The first-order chi connectivity index (χ1) is 14.7. The van der Waals surface area contributed by atoms with Crippen LogP contribution in [0.2, 0.25) is 0 Å². The van der Waals surface area contributed by atoms with Gasteiger partial charge in [0, 0.05) is 11.8 Å². The van der Waals surface area contributed by atoms with E-state index in [1.807, 2.05) is 6.92 Å². The van der Waals surface area contributed by atoms with Crippen molar-refractivity contribution in [3.05, 3.63) is 54.0 Å². The van der Waals surface area contributed by atoms with Crippen LogP contribution in [0.15, 0.2) is 42.1 Å². The van der Waals surface area contributed by atoms with Crippen LogP contribution in [0.1, 0.15) is 17.1 Å². The van der Waals surface area contributed by atoms with Crippen molar-refractivity contribution in [3.8, 4) is 5.69 Å². The molecule has 1 N–H and O–H groups in total. The fraction of sp³-hybridized carbons (Fsp3) is 0.222. The second kappa shape index (κ2) is 7.98. The Balaban J connectivity index is 1.56. The molecule has 0 bridgehead atoms. The summed E-state index contributed by atoms with van der Waals surface area (Å²) in [5.41, 5.74) is 0.716. The van der Waals surface area contributed by atoms with E-state index >= 15 is 0 Å². The summed E-state index contributed by atoms with van der Waals surface area (Å²) in [5.74, 6) is 0.0515. The van der Waals surface area contributed by atoms with Crippen molar-refractivity contribution in [2.24, 2.45) is 0 Å². The molecule has 4 aromatic rings. The fourth-order valence-electron chi connectivity index (χ4n) is 2.96. The van der Waals surface area contributed by atoms with E-state index in [-0.39, 0.29) is 17.1 Å². The van der Waals surface area contributed by atoms with Crippen LogP contribution in [0.4, 0.5) is 18.9 Å². The van der Waals surface area contributed by atoms with Crippen LogP contribution in [-0.4, -0.2) is 46.0 Å². The van der Waals surface area contributed by atoms with Crippen LogP contribution < -0.4 is 5.32 Å². The van der Waals surface area contributed by atoms with Gasteiger partial charge in [-0.25, -0.2) is 14.6 Å². The van der Waals surface area contributed by atoms with E-state index in [1.165, 1.54) is 23.4 Å². The molecule has 0 saturated carbocycles. The number of rotatable bonds is 5. The van der Waals surface area contributed by atoms with Crippen molar-refractivity contribution in [2.45, 2.75) is 25.2 Å². The summed E-state index contributed by atoms with van der Waals surface area (Å²) in [5, 5.41) is 15.0. The lowest BCUT2D eigenvalue weighted by molar-refractivity contribution is -0.137. The molecule has 31 heavy (non-hydrogen) atoms. The third kappa shape index (κ3) is 4.35. The van der Waals surface area contributed by atoms with E-state index in [0.717, 1.165) is 29.6 Å². The number of amides is 1. The highest BCUT2D eigenvalue weighted by Crippen LogP contribution is 2.33. The number of carbonyl (C=O) groups is 1. The standard InChI is InChI=1S/C18H15F3N8OS/c1-10-5-15-26-27-17(29(15)11(2)24-10)31-7-16(30)25-13-6-12(18(19,20)21)3-4-14(13)28-9-22-8-23-28/h3-6,8-9H,7H2,1-2H3,(H,25,30). The van der Waals surface area contributed by atoms with E-state index in [9.17, 15) is 18.0 Å². The molecule has 160 valence electrons. The molecule has 0 aliphatic carbocycles. The molecule has 0 unspecified atom stereocenters. The van der Waals surface area contributed by atoms with E-state index in [0.29, 0.717) is 16.6 Å². The van der Waals surface area contributed by atoms with Crippen molar-refractivity contribution in [1.82, 2.24) is 34.3 Å². The summed E-state index contributed by atoms with van der Waals surface area (Å²) in [6, 6.07) is 4.77. The monoisotopic (exact) mass is 448 g/mol. The van der Waals surface area contributed by atoms with Gasteiger partial charge < -0.3 is 5.32 Å². The Hall–Kier alpha value is -3.48. The Morgan fingerprint density at radius 3 is 2.71 bits per heavy atom. The molecule has 0 radical (unpaired) electrons. The third-order valence-corrected chi connectivity index (χ3v) is 5.18. The van der Waals surface area contributed by atoms with Crippen LogP contribution in [0.5, 0.6) is 0 Å². The number of nitrogens with one attached hydrogen (secondary N) is 1. The molecule has 1 aromatic carbocycles. The Labute approximate surface area is 177 Å². The number of aryl methyl sites for hydroxylation is 2. The summed E-state index contributed by atoms with van der Waals surface area (Å²) in [4.78, 5) is 20.7. The molecule has 3 aromatic heterocycles. The maximum absolute atomic E-state index is 13.2. The van der Waals surface area contributed by atoms with Gasteiger partial charge in [-0.3, -0.25) is 9.20 Å². The fourth-order valence-corrected chi connectivity index (χ4v) is 3.74. The van der Waals surface area contributed by atoms with Crippen LogP contribution in [-0.2, 0) is 11.0 Å². The molecule has 0 saturated heterocycles. The second-order valence-corrected chi connectivity index (χ2v) is 7.47. The highest BCUT2D eigenvalue weighted by molar-refractivity contribution is 7.99. The van der Waals surface area contributed by atoms with Gasteiger partial charge in [0.2, 0.25) is 5.91 Å². The number of carbonyl (C=O) groups excluding carboxylic acids is 1. The molecule has 0 aliphatic rings. The Kier molecular flexibility index (Phi) is 5.35. The highest BCUT2D eigenvalue weighted by atomic mass is 32.2. The number of aromatic nitrogens is 7. The first kappa shape index (κ1) is 20.8. The first-order valence-electron chi connectivity index (χ1n) is 8.90. The average molecular weight is 448 g/mol. The molecule has 0 spiro atoms. The summed E-state index contributed by atoms with van der Waals surface area (Å²) in [6.07, 6.45) is -1.99.